The van der Waals surface area contributed by atoms with Crippen LogP contribution in [0, 0.1) is 13.3 Å². The van der Waals surface area contributed by atoms with Crippen LogP contribution in [-0.4, -0.2) is 41.9 Å². The molecule has 0 spiro atoms. The second-order valence-electron chi connectivity index (χ2n) is 9.39. The molecule has 1 heterocycles. The van der Waals surface area contributed by atoms with Crippen LogP contribution in [-0.2, 0) is 6.54 Å². The van der Waals surface area contributed by atoms with E-state index < -0.39 is 0 Å². The lowest BCUT2D eigenvalue weighted by Crippen LogP contribution is -2.26. The van der Waals surface area contributed by atoms with Crippen molar-refractivity contribution in [1.82, 2.24) is 4.90 Å². The molecule has 2 aromatic rings. The standard InChI is InChI=1S/C30H48N2O/c1-5-8-9-12-24-32(26-30-20-15-27(4)33-30)25-29-18-16-28(17-19-29)14-11-10-13-23-31(21-6-2)22-7-3/h14-20,26H,5-13,21-25H2,1-4H3/q+1. The zero-order valence-corrected chi connectivity index (χ0v) is 21.8. The molecule has 0 aliphatic heterocycles. The van der Waals surface area contributed by atoms with E-state index in [9.17, 15) is 0 Å². The van der Waals surface area contributed by atoms with Gasteiger partial charge in [-0.3, -0.25) is 0 Å². The molecule has 3 heteroatoms. The Balaban J connectivity index is 1.81. The summed E-state index contributed by atoms with van der Waals surface area (Å²) in [5, 5.41) is 0. The van der Waals surface area contributed by atoms with Gasteiger partial charge < -0.3 is 9.32 Å². The molecule has 0 fully saturated rings. The van der Waals surface area contributed by atoms with E-state index in [-0.39, 0.29) is 0 Å². The summed E-state index contributed by atoms with van der Waals surface area (Å²) in [6, 6.07) is 13.2. The second kappa shape index (κ2) is 16.7. The third-order valence-corrected chi connectivity index (χ3v) is 6.12. The van der Waals surface area contributed by atoms with E-state index in [0.29, 0.717) is 0 Å². The molecule has 2 rings (SSSR count). The summed E-state index contributed by atoms with van der Waals surface area (Å²) < 4.78 is 8.21. The number of furan rings is 1. The third-order valence-electron chi connectivity index (χ3n) is 6.12. The fourth-order valence-electron chi connectivity index (χ4n) is 4.34. The fourth-order valence-corrected chi connectivity index (χ4v) is 4.34. The van der Waals surface area contributed by atoms with Gasteiger partial charge in [-0.2, -0.15) is 0 Å². The fraction of sp³-hybridized carbons (Fsp3) is 0.600. The normalized spacial score (nSPS) is 12.1. The highest BCUT2D eigenvalue weighted by Gasteiger charge is 2.09. The van der Waals surface area contributed by atoms with E-state index in [1.807, 2.05) is 13.0 Å². The van der Waals surface area contributed by atoms with Crippen molar-refractivity contribution in [1.29, 1.82) is 0 Å². The number of hydrogen-bond donors (Lipinski definition) is 0. The first-order valence-corrected chi connectivity index (χ1v) is 13.4. The minimum Gasteiger partial charge on any atom is -0.456 e. The maximum absolute atomic E-state index is 5.80. The lowest BCUT2D eigenvalue weighted by atomic mass is 10.0. The predicted octanol–water partition coefficient (Wildman–Crippen LogP) is 7.64. The Labute approximate surface area is 203 Å². The highest BCUT2D eigenvalue weighted by molar-refractivity contribution is 5.71. The van der Waals surface area contributed by atoms with Gasteiger partial charge in [-0.05, 0) is 82.8 Å². The molecule has 0 saturated carbocycles. The summed E-state index contributed by atoms with van der Waals surface area (Å²) in [6.45, 7) is 14.6. The number of unbranched alkanes of at least 4 members (excludes halogenated alkanes) is 5. The molecule has 0 saturated heterocycles. The molecular formula is C30H48N2O+. The quantitative estimate of drug-likeness (QED) is 0.131. The highest BCUT2D eigenvalue weighted by Crippen LogP contribution is 2.13. The number of hydrogen-bond acceptors (Lipinski definition) is 2. The van der Waals surface area contributed by atoms with Crippen molar-refractivity contribution < 1.29 is 8.99 Å². The second-order valence-corrected chi connectivity index (χ2v) is 9.39. The van der Waals surface area contributed by atoms with Crippen LogP contribution in [0.2, 0.25) is 0 Å². The first-order chi connectivity index (χ1) is 16.1. The molecule has 0 bridgehead atoms. The van der Waals surface area contributed by atoms with Crippen LogP contribution in [0.4, 0.5) is 0 Å². The average Bonchev–Trinajstić information content (AvgIpc) is 3.22. The molecular weight excluding hydrogens is 404 g/mol. The number of nitrogens with zero attached hydrogens (tertiary/aromatic N) is 2. The van der Waals surface area contributed by atoms with Crippen LogP contribution in [0.15, 0.2) is 40.8 Å². The molecule has 0 atom stereocenters. The maximum atomic E-state index is 5.80. The highest BCUT2D eigenvalue weighted by atomic mass is 16.3. The zero-order chi connectivity index (χ0) is 23.7. The van der Waals surface area contributed by atoms with Crippen LogP contribution in [0.1, 0.15) is 101 Å². The number of benzene rings is 1. The molecule has 0 aliphatic rings. The molecule has 1 aromatic carbocycles. The van der Waals surface area contributed by atoms with Crippen LogP contribution in [0.3, 0.4) is 0 Å². The Kier molecular flexibility index (Phi) is 13.9. The monoisotopic (exact) mass is 452 g/mol. The third kappa shape index (κ3) is 11.7. The minimum absolute atomic E-state index is 0.927. The Morgan fingerprint density at radius 1 is 0.788 bits per heavy atom. The molecule has 1 radical (unpaired) electrons. The van der Waals surface area contributed by atoms with Crippen molar-refractivity contribution in [2.24, 2.45) is 0 Å². The minimum atomic E-state index is 0.927. The van der Waals surface area contributed by atoms with Crippen LogP contribution in [0.25, 0.3) is 0 Å². The van der Waals surface area contributed by atoms with Crippen LogP contribution in [0.5, 0.6) is 0 Å². The lowest BCUT2D eigenvalue weighted by Gasteiger charge is -2.20. The van der Waals surface area contributed by atoms with Crippen molar-refractivity contribution >= 4 is 6.21 Å². The zero-order valence-electron chi connectivity index (χ0n) is 21.8. The summed E-state index contributed by atoms with van der Waals surface area (Å²) in [6.07, 6.45) is 15.9. The summed E-state index contributed by atoms with van der Waals surface area (Å²) in [7, 11) is 0. The van der Waals surface area contributed by atoms with E-state index in [1.165, 1.54) is 88.5 Å². The smallest absolute Gasteiger partial charge is 0.206 e. The van der Waals surface area contributed by atoms with Gasteiger partial charge in [-0.1, -0.05) is 64.3 Å². The number of aryl methyl sites for hydroxylation is 1. The van der Waals surface area contributed by atoms with Crippen LogP contribution < -0.4 is 0 Å². The van der Waals surface area contributed by atoms with E-state index >= 15 is 0 Å². The van der Waals surface area contributed by atoms with E-state index in [1.54, 1.807) is 0 Å². The van der Waals surface area contributed by atoms with E-state index in [0.717, 1.165) is 24.6 Å². The van der Waals surface area contributed by atoms with Gasteiger partial charge in [0.25, 0.3) is 0 Å². The van der Waals surface area contributed by atoms with Gasteiger partial charge >= 0.3 is 0 Å². The van der Waals surface area contributed by atoms with E-state index in [4.69, 9.17) is 4.42 Å². The van der Waals surface area contributed by atoms with Crippen molar-refractivity contribution in [3.8, 4) is 0 Å². The first kappa shape index (κ1) is 27.4. The summed E-state index contributed by atoms with van der Waals surface area (Å²) in [4.78, 5) is 2.61. The molecule has 183 valence electrons. The summed E-state index contributed by atoms with van der Waals surface area (Å²) in [5.74, 6) is 1.92. The maximum Gasteiger partial charge on any atom is 0.206 e. The summed E-state index contributed by atoms with van der Waals surface area (Å²) >= 11 is 0. The van der Waals surface area contributed by atoms with Gasteiger partial charge in [0.05, 0.1) is 0 Å². The van der Waals surface area contributed by atoms with Gasteiger partial charge in [0.15, 0.2) is 12.3 Å². The molecule has 0 amide bonds. The molecule has 0 aliphatic carbocycles. The largest absolute Gasteiger partial charge is 0.456 e. The van der Waals surface area contributed by atoms with Gasteiger partial charge in [-0.15, -0.1) is 0 Å². The topological polar surface area (TPSA) is 19.4 Å². The SMILES string of the molecule is CCCCCC[N+](=Cc1ccc(C)o1)Cc1ccc([CH]CCCCN(CCC)CCC)cc1. The Bertz CT molecular complexity index is 769. The number of rotatable bonds is 18. The van der Waals surface area contributed by atoms with Gasteiger partial charge in [0.2, 0.25) is 6.21 Å². The van der Waals surface area contributed by atoms with Crippen molar-refractivity contribution in [2.75, 3.05) is 26.2 Å². The molecule has 0 N–H and O–H groups in total. The Morgan fingerprint density at radius 2 is 1.55 bits per heavy atom. The lowest BCUT2D eigenvalue weighted by molar-refractivity contribution is -0.540. The van der Waals surface area contributed by atoms with Gasteiger partial charge in [-0.25, -0.2) is 4.58 Å². The van der Waals surface area contributed by atoms with Crippen molar-refractivity contribution in [3.63, 3.8) is 0 Å². The molecule has 0 unspecified atom stereocenters. The molecule has 3 nitrogen and oxygen atoms in total. The van der Waals surface area contributed by atoms with Crippen LogP contribution >= 0.6 is 0 Å². The Morgan fingerprint density at radius 3 is 2.18 bits per heavy atom. The predicted molar refractivity (Wildman–Crippen MR) is 142 cm³/mol. The first-order valence-electron chi connectivity index (χ1n) is 13.4. The van der Waals surface area contributed by atoms with E-state index in [2.05, 4.69) is 73.2 Å². The molecule has 33 heavy (non-hydrogen) atoms. The Hall–Kier alpha value is -1.87. The van der Waals surface area contributed by atoms with Gasteiger partial charge in [0, 0.05) is 12.0 Å². The van der Waals surface area contributed by atoms with Crippen molar-refractivity contribution in [3.05, 3.63) is 65.5 Å². The average molecular weight is 453 g/mol. The van der Waals surface area contributed by atoms with Crippen molar-refractivity contribution in [2.45, 2.75) is 92.0 Å². The molecule has 1 aromatic heterocycles. The summed E-state index contributed by atoms with van der Waals surface area (Å²) in [5.41, 5.74) is 2.70. The van der Waals surface area contributed by atoms with Gasteiger partial charge in [0.1, 0.15) is 12.3 Å².